The molecule has 3 aromatic carbocycles. The highest BCUT2D eigenvalue weighted by Gasteiger charge is 2.54. The molecule has 1 amide bonds. The van der Waals surface area contributed by atoms with Gasteiger partial charge < -0.3 is 34.3 Å². The first-order valence-electron chi connectivity index (χ1n) is 24.0. The Morgan fingerprint density at radius 2 is 1.75 bits per heavy atom. The summed E-state index contributed by atoms with van der Waals surface area (Å²) in [7, 11) is -4.80. The molecule has 2 saturated heterocycles. The Hall–Kier alpha value is -5.93. The molecule has 5 aromatic rings. The number of fused-ring (bicyclic) bond motifs is 2. The number of carbonyl (C=O) groups is 1. The Balaban J connectivity index is 1.05. The maximum Gasteiger partial charge on any atom is 0.394 e. The van der Waals surface area contributed by atoms with E-state index in [0.717, 1.165) is 51.8 Å². The van der Waals surface area contributed by atoms with Crippen molar-refractivity contribution >= 4 is 72.6 Å². The van der Waals surface area contributed by atoms with Gasteiger partial charge >= 0.3 is 6.18 Å². The van der Waals surface area contributed by atoms with Crippen molar-refractivity contribution in [2.75, 3.05) is 87.4 Å². The summed E-state index contributed by atoms with van der Waals surface area (Å²) in [5, 5.41) is 16.5. The van der Waals surface area contributed by atoms with Gasteiger partial charge in [-0.15, -0.1) is 0 Å². The number of nitrogens with one attached hydrogen (secondary N) is 3. The Labute approximate surface area is 421 Å². The molecule has 0 saturated carbocycles. The van der Waals surface area contributed by atoms with Crippen molar-refractivity contribution in [3.8, 4) is 5.88 Å². The van der Waals surface area contributed by atoms with Crippen LogP contribution in [-0.2, 0) is 19.5 Å². The lowest BCUT2D eigenvalue weighted by Crippen LogP contribution is -2.47. The highest BCUT2D eigenvalue weighted by atomic mass is 35.5. The summed E-state index contributed by atoms with van der Waals surface area (Å²) in [6, 6.07) is 19.5. The summed E-state index contributed by atoms with van der Waals surface area (Å²) in [4.78, 5) is 39.4. The standard InChI is InChI=1S/C51H58ClF3N8O8S/c1-49(2)15-13-34(41(26-49)32-5-7-36(52)8-6-32)28-60-17-19-61(20-18-60)37-9-11-40(47(64)59-72(67,68)39-10-12-42(44(25-39)63(65)66)57-27-38-31-69-21-22-70-38)43(24-37)62-29-35(50(3,4)51(53,54)55)30-71-48-45(62)23-33-14-16-56-46(33)58-48/h5-12,14,16,23-25,35,38,57H,13,15,17-22,26-31H2,1-4H3,(H,56,58)(H,59,64)/t35-,38-/m0/s1. The van der Waals surface area contributed by atoms with Gasteiger partial charge in [-0.1, -0.05) is 57.0 Å². The summed E-state index contributed by atoms with van der Waals surface area (Å²) in [5.74, 6) is -2.31. The van der Waals surface area contributed by atoms with Gasteiger partial charge in [-0.3, -0.25) is 19.8 Å². The zero-order valence-corrected chi connectivity index (χ0v) is 42.1. The van der Waals surface area contributed by atoms with E-state index in [9.17, 15) is 36.5 Å². The number of aromatic amines is 1. The molecule has 0 radical (unpaired) electrons. The minimum absolute atomic E-state index is 0.0189. The second kappa shape index (κ2) is 20.2. The molecule has 384 valence electrons. The zero-order chi connectivity index (χ0) is 51.2. The molecule has 1 aliphatic carbocycles. The Kier molecular flexibility index (Phi) is 14.3. The normalized spacial score (nSPS) is 20.2. The summed E-state index contributed by atoms with van der Waals surface area (Å²) < 4.78 is 92.1. The molecule has 0 spiro atoms. The Morgan fingerprint density at radius 1 is 0.986 bits per heavy atom. The molecule has 9 rings (SSSR count). The van der Waals surface area contributed by atoms with Gasteiger partial charge in [-0.25, -0.2) is 13.1 Å². The van der Waals surface area contributed by atoms with Gasteiger partial charge in [-0.05, 0) is 90.4 Å². The van der Waals surface area contributed by atoms with E-state index in [1.165, 1.54) is 28.8 Å². The molecular formula is C51H58ClF3N8O8S. The van der Waals surface area contributed by atoms with Gasteiger partial charge in [0, 0.05) is 80.1 Å². The summed E-state index contributed by atoms with van der Waals surface area (Å²) in [5.41, 5.74) is 2.51. The number of nitro benzene ring substituents is 1. The summed E-state index contributed by atoms with van der Waals surface area (Å²) >= 11 is 6.27. The van der Waals surface area contributed by atoms with E-state index in [2.05, 4.69) is 55.8 Å². The summed E-state index contributed by atoms with van der Waals surface area (Å²) in [6.07, 6.45) is -0.405. The van der Waals surface area contributed by atoms with Gasteiger partial charge in [0.15, 0.2) is 0 Å². The van der Waals surface area contributed by atoms with Crippen molar-refractivity contribution in [2.24, 2.45) is 16.7 Å². The van der Waals surface area contributed by atoms with E-state index in [0.29, 0.717) is 61.1 Å². The van der Waals surface area contributed by atoms with Crippen molar-refractivity contribution in [1.29, 1.82) is 0 Å². The third-order valence-electron chi connectivity index (χ3n) is 14.5. The molecule has 2 aromatic heterocycles. The van der Waals surface area contributed by atoms with Crippen LogP contribution < -0.4 is 24.6 Å². The fraction of sp³-hybridized carbons (Fsp3) is 0.451. The third kappa shape index (κ3) is 10.9. The van der Waals surface area contributed by atoms with E-state index in [1.807, 2.05) is 12.1 Å². The Bertz CT molecular complexity index is 2990. The number of alkyl halides is 3. The molecule has 21 heteroatoms. The number of carbonyl (C=O) groups excluding carboxylic acids is 1. The molecule has 0 unspecified atom stereocenters. The number of hydrogen-bond donors (Lipinski definition) is 3. The van der Waals surface area contributed by atoms with Crippen LogP contribution in [0.3, 0.4) is 0 Å². The molecule has 2 atom stereocenters. The first-order valence-corrected chi connectivity index (χ1v) is 25.8. The Morgan fingerprint density at radius 3 is 2.46 bits per heavy atom. The molecule has 16 nitrogen and oxygen atoms in total. The third-order valence-corrected chi connectivity index (χ3v) is 16.1. The van der Waals surface area contributed by atoms with Crippen LogP contribution in [-0.4, -0.2) is 119 Å². The smallest absolute Gasteiger partial charge is 0.394 e. The number of nitro groups is 1. The van der Waals surface area contributed by atoms with E-state index in [1.54, 1.807) is 35.4 Å². The van der Waals surface area contributed by atoms with Crippen LogP contribution in [0.25, 0.3) is 16.6 Å². The second-order valence-corrected chi connectivity index (χ2v) is 22.4. The van der Waals surface area contributed by atoms with Crippen LogP contribution in [0.2, 0.25) is 5.02 Å². The van der Waals surface area contributed by atoms with Crippen molar-refractivity contribution < 1.29 is 45.5 Å². The number of pyridine rings is 1. The van der Waals surface area contributed by atoms with Crippen LogP contribution in [0.4, 0.5) is 41.6 Å². The molecule has 3 aliphatic heterocycles. The fourth-order valence-corrected chi connectivity index (χ4v) is 10.9. The number of hydrogen-bond acceptors (Lipinski definition) is 13. The molecule has 2 fully saturated rings. The van der Waals surface area contributed by atoms with Crippen LogP contribution in [0.15, 0.2) is 89.5 Å². The van der Waals surface area contributed by atoms with E-state index < -0.39 is 48.9 Å². The molecule has 3 N–H and O–H groups in total. The number of benzene rings is 3. The number of anilines is 4. The second-order valence-electron chi connectivity index (χ2n) is 20.3. The monoisotopic (exact) mass is 1030 g/mol. The number of aromatic nitrogens is 2. The molecular weight excluding hydrogens is 977 g/mol. The van der Waals surface area contributed by atoms with Gasteiger partial charge in [0.05, 0.1) is 59.0 Å². The number of ether oxygens (including phenoxy) is 3. The van der Waals surface area contributed by atoms with Gasteiger partial charge in [0.2, 0.25) is 5.88 Å². The minimum Gasteiger partial charge on any atom is -0.476 e. The lowest BCUT2D eigenvalue weighted by molar-refractivity contribution is -0.384. The van der Waals surface area contributed by atoms with E-state index >= 15 is 0 Å². The molecule has 5 heterocycles. The number of allylic oxidation sites excluding steroid dienone is 1. The number of H-pyrrole nitrogens is 1. The van der Waals surface area contributed by atoms with Crippen LogP contribution in [0.5, 0.6) is 5.88 Å². The van der Waals surface area contributed by atoms with E-state index in [-0.39, 0.29) is 66.3 Å². The number of halogens is 4. The molecule has 0 bridgehead atoms. The average Bonchev–Trinajstić information content (AvgIpc) is 3.72. The van der Waals surface area contributed by atoms with E-state index in [4.69, 9.17) is 25.8 Å². The quantitative estimate of drug-likeness (QED) is 0.0749. The molecule has 4 aliphatic rings. The minimum atomic E-state index is -4.80. The first kappa shape index (κ1) is 51.0. The van der Waals surface area contributed by atoms with Crippen molar-refractivity contribution in [3.63, 3.8) is 0 Å². The maximum absolute atomic E-state index is 14.9. The first-order chi connectivity index (χ1) is 34.2. The van der Waals surface area contributed by atoms with Crippen LogP contribution >= 0.6 is 11.6 Å². The largest absolute Gasteiger partial charge is 0.476 e. The number of rotatable bonds is 13. The highest BCUT2D eigenvalue weighted by molar-refractivity contribution is 7.90. The van der Waals surface area contributed by atoms with Crippen molar-refractivity contribution in [2.45, 2.75) is 64.1 Å². The van der Waals surface area contributed by atoms with Crippen molar-refractivity contribution in [3.05, 3.63) is 111 Å². The number of nitrogens with zero attached hydrogens (tertiary/aromatic N) is 5. The average molecular weight is 1040 g/mol. The summed E-state index contributed by atoms with van der Waals surface area (Å²) in [6.45, 7) is 10.6. The predicted octanol–water partition coefficient (Wildman–Crippen LogP) is 9.59. The van der Waals surface area contributed by atoms with Gasteiger partial charge in [-0.2, -0.15) is 18.2 Å². The van der Waals surface area contributed by atoms with Crippen LogP contribution in [0.1, 0.15) is 62.9 Å². The lowest BCUT2D eigenvalue weighted by Gasteiger charge is -2.40. The van der Waals surface area contributed by atoms with Crippen LogP contribution in [0, 0.1) is 26.9 Å². The predicted molar refractivity (Wildman–Crippen MR) is 270 cm³/mol. The highest BCUT2D eigenvalue weighted by Crippen LogP contribution is 2.49. The topological polar surface area (TPSA) is 185 Å². The zero-order valence-electron chi connectivity index (χ0n) is 40.5. The van der Waals surface area contributed by atoms with Gasteiger partial charge in [0.25, 0.3) is 21.6 Å². The molecule has 72 heavy (non-hydrogen) atoms. The number of piperazine rings is 1. The van der Waals surface area contributed by atoms with Gasteiger partial charge in [0.1, 0.15) is 17.0 Å². The SMILES string of the molecule is CC1(C)CCC(CN2CCN(c3ccc(C(=O)NS(=O)(=O)c4ccc(NC[C@H]5COCCO5)c([N+](=O)[O-])c4)c(N4C[C@H](C(C)(C)C(F)(F)F)COc5nc6[nH]ccc6cc54)c3)CC2)=C(c2ccc(Cl)cc2)C1. The van der Waals surface area contributed by atoms with Crippen molar-refractivity contribution in [1.82, 2.24) is 19.6 Å². The lowest BCUT2D eigenvalue weighted by atomic mass is 9.72. The maximum atomic E-state index is 14.9. The number of sulfonamides is 1. The number of amides is 1. The fourth-order valence-electron chi connectivity index (χ4n) is 9.82.